The van der Waals surface area contributed by atoms with Gasteiger partial charge in [0.2, 0.25) is 0 Å². The molecule has 1 heterocycles. The molecule has 4 heteroatoms. The van der Waals surface area contributed by atoms with Crippen molar-refractivity contribution < 1.29 is 9.84 Å². The van der Waals surface area contributed by atoms with Crippen LogP contribution in [0.3, 0.4) is 0 Å². The van der Waals surface area contributed by atoms with Gasteiger partial charge in [0.15, 0.2) is 5.75 Å². The van der Waals surface area contributed by atoms with Crippen LogP contribution in [-0.4, -0.2) is 16.7 Å². The Morgan fingerprint density at radius 3 is 2.78 bits per heavy atom. The van der Waals surface area contributed by atoms with Gasteiger partial charge in [-0.1, -0.05) is 18.2 Å². The lowest BCUT2D eigenvalue weighted by atomic mass is 10.2. The molecule has 0 bridgehead atoms. The normalized spacial score (nSPS) is 9.72. The van der Waals surface area contributed by atoms with Crippen LogP contribution < -0.4 is 4.74 Å². The minimum atomic E-state index is -0.0924. The molecule has 0 aliphatic carbocycles. The second-order valence-corrected chi connectivity index (χ2v) is 3.72. The van der Waals surface area contributed by atoms with E-state index in [1.807, 2.05) is 36.4 Å². The van der Waals surface area contributed by atoms with Crippen molar-refractivity contribution in [2.45, 2.75) is 6.42 Å². The van der Waals surface area contributed by atoms with Gasteiger partial charge in [-0.2, -0.15) is 5.26 Å². The summed E-state index contributed by atoms with van der Waals surface area (Å²) in [6.07, 6.45) is 1.88. The maximum atomic E-state index is 9.32. The Kier molecular flexibility index (Phi) is 3.77. The first-order valence-corrected chi connectivity index (χ1v) is 5.55. The number of ether oxygens (including phenoxy) is 1. The molecule has 0 amide bonds. The lowest BCUT2D eigenvalue weighted by Gasteiger charge is -2.05. The number of nitriles is 1. The summed E-state index contributed by atoms with van der Waals surface area (Å²) in [7, 11) is 0. The average Bonchev–Trinajstić information content (AvgIpc) is 2.42. The number of hydrogen-bond donors (Lipinski definition) is 1. The van der Waals surface area contributed by atoms with E-state index in [0.717, 1.165) is 11.4 Å². The molecule has 1 aromatic heterocycles. The van der Waals surface area contributed by atoms with Gasteiger partial charge < -0.3 is 9.84 Å². The highest BCUT2D eigenvalue weighted by Crippen LogP contribution is 2.15. The fraction of sp³-hybridized carbons (Fsp3) is 0.143. The molecule has 2 rings (SSSR count). The fourth-order valence-corrected chi connectivity index (χ4v) is 1.51. The number of benzene rings is 1. The van der Waals surface area contributed by atoms with Gasteiger partial charge in [-0.05, 0) is 18.2 Å². The molecule has 0 aliphatic rings. The standard InChI is InChI=1S/C14H12N2O2/c15-9-11-8-12(16-10-14(11)17)6-7-18-13-4-2-1-3-5-13/h1-5,8,10,17H,6-7H2. The van der Waals surface area contributed by atoms with E-state index in [1.165, 1.54) is 6.20 Å². The smallest absolute Gasteiger partial charge is 0.151 e. The lowest BCUT2D eigenvalue weighted by molar-refractivity contribution is 0.320. The Bertz CT molecular complexity index is 562. The molecule has 0 saturated carbocycles. The van der Waals surface area contributed by atoms with Crippen LogP contribution in [0.1, 0.15) is 11.3 Å². The molecule has 0 fully saturated rings. The molecule has 0 aliphatic heterocycles. The first-order valence-electron chi connectivity index (χ1n) is 5.55. The van der Waals surface area contributed by atoms with Crippen LogP contribution in [0, 0.1) is 11.3 Å². The summed E-state index contributed by atoms with van der Waals surface area (Å²) in [5.74, 6) is 0.710. The zero-order valence-electron chi connectivity index (χ0n) is 9.71. The summed E-state index contributed by atoms with van der Waals surface area (Å²) in [5.41, 5.74) is 0.958. The summed E-state index contributed by atoms with van der Waals surface area (Å²) >= 11 is 0. The molecule has 0 atom stereocenters. The van der Waals surface area contributed by atoms with E-state index in [-0.39, 0.29) is 11.3 Å². The summed E-state index contributed by atoms with van der Waals surface area (Å²) < 4.78 is 5.53. The largest absolute Gasteiger partial charge is 0.505 e. The highest BCUT2D eigenvalue weighted by Gasteiger charge is 2.03. The third-order valence-corrected chi connectivity index (χ3v) is 2.43. The molecular formula is C14H12N2O2. The molecule has 4 nitrogen and oxygen atoms in total. The van der Waals surface area contributed by atoms with Gasteiger partial charge in [0.1, 0.15) is 11.8 Å². The number of para-hydroxylation sites is 1. The van der Waals surface area contributed by atoms with Crippen molar-refractivity contribution in [3.8, 4) is 17.6 Å². The maximum Gasteiger partial charge on any atom is 0.151 e. The molecule has 18 heavy (non-hydrogen) atoms. The van der Waals surface area contributed by atoms with Crippen molar-refractivity contribution >= 4 is 0 Å². The van der Waals surface area contributed by atoms with Gasteiger partial charge in [-0.25, -0.2) is 0 Å². The third kappa shape index (κ3) is 2.98. The lowest BCUT2D eigenvalue weighted by Crippen LogP contribution is -2.03. The highest BCUT2D eigenvalue weighted by atomic mass is 16.5. The molecular weight excluding hydrogens is 228 g/mol. The third-order valence-electron chi connectivity index (χ3n) is 2.43. The highest BCUT2D eigenvalue weighted by molar-refractivity contribution is 5.41. The second kappa shape index (κ2) is 5.69. The van der Waals surface area contributed by atoms with Crippen LogP contribution in [0.25, 0.3) is 0 Å². The Hall–Kier alpha value is -2.54. The van der Waals surface area contributed by atoms with Gasteiger partial charge in [0, 0.05) is 12.1 Å². The molecule has 90 valence electrons. The summed E-state index contributed by atoms with van der Waals surface area (Å²) in [6.45, 7) is 0.479. The molecule has 0 spiro atoms. The molecule has 1 aromatic carbocycles. The molecule has 0 unspecified atom stereocenters. The SMILES string of the molecule is N#Cc1cc(CCOc2ccccc2)ncc1O. The average molecular weight is 240 g/mol. The van der Waals surface area contributed by atoms with Crippen molar-refractivity contribution in [3.63, 3.8) is 0 Å². The van der Waals surface area contributed by atoms with Crippen LogP contribution in [0.5, 0.6) is 11.5 Å². The monoisotopic (exact) mass is 240 g/mol. The number of aromatic nitrogens is 1. The second-order valence-electron chi connectivity index (χ2n) is 3.72. The van der Waals surface area contributed by atoms with Crippen LogP contribution >= 0.6 is 0 Å². The number of rotatable bonds is 4. The number of pyridine rings is 1. The molecule has 2 aromatic rings. The fourth-order valence-electron chi connectivity index (χ4n) is 1.51. The van der Waals surface area contributed by atoms with E-state index < -0.39 is 0 Å². The summed E-state index contributed by atoms with van der Waals surface area (Å²) in [6, 6.07) is 13.0. The minimum absolute atomic E-state index is 0.0924. The molecule has 1 N–H and O–H groups in total. The molecule has 0 radical (unpaired) electrons. The van der Waals surface area contributed by atoms with E-state index in [4.69, 9.17) is 10.00 Å². The van der Waals surface area contributed by atoms with Crippen molar-refractivity contribution in [1.29, 1.82) is 5.26 Å². The minimum Gasteiger partial charge on any atom is -0.505 e. The van der Waals surface area contributed by atoms with E-state index in [1.54, 1.807) is 6.07 Å². The molecule has 0 saturated heterocycles. The van der Waals surface area contributed by atoms with Crippen molar-refractivity contribution in [2.24, 2.45) is 0 Å². The summed E-state index contributed by atoms with van der Waals surface area (Å²) in [4.78, 5) is 4.04. The van der Waals surface area contributed by atoms with Crippen LogP contribution in [0.2, 0.25) is 0 Å². The zero-order valence-corrected chi connectivity index (χ0v) is 9.71. The topological polar surface area (TPSA) is 66.1 Å². The first-order chi connectivity index (χ1) is 8.79. The summed E-state index contributed by atoms with van der Waals surface area (Å²) in [5, 5.41) is 18.1. The van der Waals surface area contributed by atoms with Gasteiger partial charge in [-0.3, -0.25) is 4.98 Å². The van der Waals surface area contributed by atoms with Gasteiger partial charge in [0.05, 0.1) is 18.4 Å². The van der Waals surface area contributed by atoms with Crippen LogP contribution in [0.15, 0.2) is 42.6 Å². The van der Waals surface area contributed by atoms with Crippen molar-refractivity contribution in [1.82, 2.24) is 4.98 Å². The van der Waals surface area contributed by atoms with Crippen LogP contribution in [0.4, 0.5) is 0 Å². The van der Waals surface area contributed by atoms with Gasteiger partial charge in [-0.15, -0.1) is 0 Å². The van der Waals surface area contributed by atoms with Crippen LogP contribution in [-0.2, 0) is 6.42 Å². The quantitative estimate of drug-likeness (QED) is 0.890. The van der Waals surface area contributed by atoms with Gasteiger partial charge >= 0.3 is 0 Å². The van der Waals surface area contributed by atoms with Crippen molar-refractivity contribution in [2.75, 3.05) is 6.61 Å². The Morgan fingerprint density at radius 2 is 2.06 bits per heavy atom. The predicted molar refractivity (Wildman–Crippen MR) is 66.3 cm³/mol. The number of hydrogen-bond acceptors (Lipinski definition) is 4. The first kappa shape index (κ1) is 11.9. The maximum absolute atomic E-state index is 9.32. The Balaban J connectivity index is 1.93. The van der Waals surface area contributed by atoms with E-state index in [2.05, 4.69) is 4.98 Å². The van der Waals surface area contributed by atoms with Crippen molar-refractivity contribution in [3.05, 3.63) is 53.9 Å². The van der Waals surface area contributed by atoms with E-state index in [0.29, 0.717) is 13.0 Å². The van der Waals surface area contributed by atoms with E-state index >= 15 is 0 Å². The predicted octanol–water partition coefficient (Wildman–Crippen LogP) is 2.28. The van der Waals surface area contributed by atoms with E-state index in [9.17, 15) is 5.11 Å². The Morgan fingerprint density at radius 1 is 1.28 bits per heavy atom. The van der Waals surface area contributed by atoms with Gasteiger partial charge in [0.25, 0.3) is 0 Å². The Labute approximate surface area is 105 Å². The number of nitrogens with zero attached hydrogens (tertiary/aromatic N) is 2. The number of aromatic hydroxyl groups is 1. The zero-order chi connectivity index (χ0) is 12.8.